The molecule has 19 heavy (non-hydrogen) atoms. The summed E-state index contributed by atoms with van der Waals surface area (Å²) in [7, 11) is 0. The molecule has 4 nitrogen and oxygen atoms in total. The number of anilines is 1. The van der Waals surface area contributed by atoms with Crippen molar-refractivity contribution in [2.75, 3.05) is 11.9 Å². The van der Waals surface area contributed by atoms with Crippen LogP contribution in [-0.4, -0.2) is 17.4 Å². The Morgan fingerprint density at radius 2 is 2.16 bits per heavy atom. The number of aryl methyl sites for hydroxylation is 1. The van der Waals surface area contributed by atoms with Crippen molar-refractivity contribution >= 4 is 22.4 Å². The summed E-state index contributed by atoms with van der Waals surface area (Å²) in [6.45, 7) is 2.29. The molecule has 0 atom stereocenters. The first-order chi connectivity index (χ1) is 9.19. The first kappa shape index (κ1) is 13.3. The van der Waals surface area contributed by atoms with E-state index in [4.69, 9.17) is 5.73 Å². The Hall–Kier alpha value is -2.16. The van der Waals surface area contributed by atoms with E-state index in [2.05, 4.69) is 22.1 Å². The fraction of sp³-hybridized carbons (Fsp3) is 0.143. The van der Waals surface area contributed by atoms with Crippen molar-refractivity contribution in [1.29, 1.82) is 0 Å². The maximum absolute atomic E-state index is 11.9. The van der Waals surface area contributed by atoms with E-state index in [-0.39, 0.29) is 5.91 Å². The van der Waals surface area contributed by atoms with Crippen LogP contribution in [0.15, 0.2) is 30.5 Å². The van der Waals surface area contributed by atoms with Crippen molar-refractivity contribution in [3.8, 4) is 11.8 Å². The van der Waals surface area contributed by atoms with Gasteiger partial charge in [0.15, 0.2) is 5.13 Å². The lowest BCUT2D eigenvalue weighted by Crippen LogP contribution is -2.11. The summed E-state index contributed by atoms with van der Waals surface area (Å²) < 4.78 is 0. The van der Waals surface area contributed by atoms with E-state index in [0.717, 1.165) is 10.4 Å². The van der Waals surface area contributed by atoms with Crippen LogP contribution in [0.1, 0.15) is 20.8 Å². The summed E-state index contributed by atoms with van der Waals surface area (Å²) in [6, 6.07) is 7.37. The van der Waals surface area contributed by atoms with Gasteiger partial charge in [0.25, 0.3) is 5.91 Å². The molecule has 0 spiro atoms. The van der Waals surface area contributed by atoms with Crippen LogP contribution < -0.4 is 11.1 Å². The third kappa shape index (κ3) is 3.65. The largest absolute Gasteiger partial charge is 0.320 e. The van der Waals surface area contributed by atoms with Crippen molar-refractivity contribution in [3.05, 3.63) is 46.5 Å². The van der Waals surface area contributed by atoms with Crippen molar-refractivity contribution in [1.82, 2.24) is 4.98 Å². The SMILES string of the molecule is Cc1ccc(C(=O)Nc2ncc(C#CCN)s2)cc1. The molecule has 0 unspecified atom stereocenters. The molecule has 2 aromatic rings. The summed E-state index contributed by atoms with van der Waals surface area (Å²) in [5, 5.41) is 3.28. The number of hydrogen-bond donors (Lipinski definition) is 2. The van der Waals surface area contributed by atoms with Crippen LogP contribution in [0.5, 0.6) is 0 Å². The van der Waals surface area contributed by atoms with Crippen LogP contribution in [0, 0.1) is 18.8 Å². The van der Waals surface area contributed by atoms with Crippen molar-refractivity contribution < 1.29 is 4.79 Å². The zero-order valence-electron chi connectivity index (χ0n) is 10.4. The van der Waals surface area contributed by atoms with E-state index in [1.54, 1.807) is 18.3 Å². The van der Waals surface area contributed by atoms with Gasteiger partial charge in [0, 0.05) is 5.56 Å². The molecule has 0 aliphatic heterocycles. The Kier molecular flexibility index (Phi) is 4.29. The molecule has 3 N–H and O–H groups in total. The van der Waals surface area contributed by atoms with E-state index in [9.17, 15) is 4.79 Å². The topological polar surface area (TPSA) is 68.0 Å². The van der Waals surface area contributed by atoms with Gasteiger partial charge in [0.1, 0.15) is 0 Å². The average molecular weight is 271 g/mol. The predicted octanol–water partition coefficient (Wildman–Crippen LogP) is 2.01. The van der Waals surface area contributed by atoms with Gasteiger partial charge in [-0.05, 0) is 19.1 Å². The minimum absolute atomic E-state index is 0.173. The number of carbonyl (C=O) groups is 1. The second-order valence-corrected chi connectivity index (χ2v) is 4.89. The highest BCUT2D eigenvalue weighted by Crippen LogP contribution is 2.18. The minimum atomic E-state index is -0.173. The number of nitrogens with one attached hydrogen (secondary N) is 1. The van der Waals surface area contributed by atoms with Gasteiger partial charge >= 0.3 is 0 Å². The van der Waals surface area contributed by atoms with Gasteiger partial charge in [-0.3, -0.25) is 10.1 Å². The molecule has 0 saturated carbocycles. The van der Waals surface area contributed by atoms with Crippen LogP contribution in [-0.2, 0) is 0 Å². The maximum Gasteiger partial charge on any atom is 0.257 e. The highest BCUT2D eigenvalue weighted by atomic mass is 32.1. The van der Waals surface area contributed by atoms with Gasteiger partial charge < -0.3 is 5.73 Å². The molecule has 1 aromatic carbocycles. The molecule has 0 fully saturated rings. The Labute approximate surface area is 115 Å². The Morgan fingerprint density at radius 3 is 2.84 bits per heavy atom. The zero-order valence-corrected chi connectivity index (χ0v) is 11.3. The fourth-order valence-corrected chi connectivity index (χ4v) is 2.09. The lowest BCUT2D eigenvalue weighted by Gasteiger charge is -2.01. The smallest absolute Gasteiger partial charge is 0.257 e. The first-order valence-electron chi connectivity index (χ1n) is 5.72. The molecular formula is C14H13N3OS. The van der Waals surface area contributed by atoms with Gasteiger partial charge in [0.2, 0.25) is 0 Å². The maximum atomic E-state index is 11.9. The van der Waals surface area contributed by atoms with Crippen LogP contribution in [0.4, 0.5) is 5.13 Å². The Morgan fingerprint density at radius 1 is 1.42 bits per heavy atom. The van der Waals surface area contributed by atoms with E-state index in [0.29, 0.717) is 17.2 Å². The number of rotatable bonds is 2. The zero-order chi connectivity index (χ0) is 13.7. The molecule has 0 aliphatic carbocycles. The standard InChI is InChI=1S/C14H13N3OS/c1-10-4-6-11(7-5-10)13(18)17-14-16-9-12(19-14)3-2-8-15/h4-7,9H,8,15H2,1H3,(H,16,17,18). The molecule has 1 heterocycles. The second-order valence-electron chi connectivity index (χ2n) is 3.86. The normalized spacial score (nSPS) is 9.58. The summed E-state index contributed by atoms with van der Waals surface area (Å²) in [6.07, 6.45) is 1.62. The number of carbonyl (C=O) groups excluding carboxylic acids is 1. The number of benzene rings is 1. The average Bonchev–Trinajstić information content (AvgIpc) is 2.84. The second kappa shape index (κ2) is 6.14. The number of amides is 1. The van der Waals surface area contributed by atoms with Gasteiger partial charge in [-0.1, -0.05) is 40.9 Å². The lowest BCUT2D eigenvalue weighted by molar-refractivity contribution is 0.102. The number of nitrogens with two attached hydrogens (primary N) is 1. The highest BCUT2D eigenvalue weighted by Gasteiger charge is 2.08. The van der Waals surface area contributed by atoms with Gasteiger partial charge in [-0.25, -0.2) is 4.98 Å². The van der Waals surface area contributed by atoms with Crippen molar-refractivity contribution in [2.24, 2.45) is 5.73 Å². The number of hydrogen-bond acceptors (Lipinski definition) is 4. The molecule has 0 aliphatic rings. The molecule has 0 saturated heterocycles. The molecule has 5 heteroatoms. The number of thiazole rings is 1. The summed E-state index contributed by atoms with van der Waals surface area (Å²) in [4.78, 5) is 16.8. The van der Waals surface area contributed by atoms with Crippen LogP contribution in [0.3, 0.4) is 0 Å². The van der Waals surface area contributed by atoms with E-state index >= 15 is 0 Å². The predicted molar refractivity (Wildman–Crippen MR) is 77.2 cm³/mol. The highest BCUT2D eigenvalue weighted by molar-refractivity contribution is 7.16. The quantitative estimate of drug-likeness (QED) is 0.821. The van der Waals surface area contributed by atoms with Gasteiger partial charge in [-0.15, -0.1) is 0 Å². The van der Waals surface area contributed by atoms with Crippen molar-refractivity contribution in [2.45, 2.75) is 6.92 Å². The fourth-order valence-electron chi connectivity index (χ4n) is 1.40. The monoisotopic (exact) mass is 271 g/mol. The molecule has 2 rings (SSSR count). The van der Waals surface area contributed by atoms with Gasteiger partial charge in [0.05, 0.1) is 17.6 Å². The molecule has 0 bridgehead atoms. The van der Waals surface area contributed by atoms with Crippen LogP contribution in [0.25, 0.3) is 0 Å². The number of aromatic nitrogens is 1. The van der Waals surface area contributed by atoms with Crippen LogP contribution >= 0.6 is 11.3 Å². The van der Waals surface area contributed by atoms with Gasteiger partial charge in [-0.2, -0.15) is 0 Å². The van der Waals surface area contributed by atoms with E-state index in [1.165, 1.54) is 11.3 Å². The summed E-state index contributed by atoms with van der Waals surface area (Å²) in [5.74, 6) is 5.45. The molecule has 1 amide bonds. The minimum Gasteiger partial charge on any atom is -0.320 e. The number of nitrogens with zero attached hydrogens (tertiary/aromatic N) is 1. The third-order valence-corrected chi connectivity index (χ3v) is 3.18. The molecular weight excluding hydrogens is 258 g/mol. The Bertz CT molecular complexity index is 635. The summed E-state index contributed by atoms with van der Waals surface area (Å²) in [5.41, 5.74) is 7.02. The first-order valence-corrected chi connectivity index (χ1v) is 6.53. The van der Waals surface area contributed by atoms with Crippen molar-refractivity contribution in [3.63, 3.8) is 0 Å². The molecule has 1 aromatic heterocycles. The summed E-state index contributed by atoms with van der Waals surface area (Å²) >= 11 is 1.33. The Balaban J connectivity index is 2.06. The van der Waals surface area contributed by atoms with E-state index in [1.807, 2.05) is 19.1 Å². The lowest BCUT2D eigenvalue weighted by atomic mass is 10.1. The van der Waals surface area contributed by atoms with E-state index < -0.39 is 0 Å². The molecule has 0 radical (unpaired) electrons. The van der Waals surface area contributed by atoms with Crippen LogP contribution in [0.2, 0.25) is 0 Å². The third-order valence-electron chi connectivity index (χ3n) is 2.35. The molecule has 96 valence electrons.